The number of ether oxygens (including phenoxy) is 1. The quantitative estimate of drug-likeness (QED) is 0.454. The molecule has 28 heavy (non-hydrogen) atoms. The Hall–Kier alpha value is -1.98. The van der Waals surface area contributed by atoms with E-state index < -0.39 is 28.1 Å². The van der Waals surface area contributed by atoms with Gasteiger partial charge in [-0.15, -0.1) is 0 Å². The third-order valence-electron chi connectivity index (χ3n) is 3.36. The van der Waals surface area contributed by atoms with Crippen LogP contribution in [0.25, 0.3) is 0 Å². The molecule has 0 radical (unpaired) electrons. The minimum atomic E-state index is -3.88. The van der Waals surface area contributed by atoms with E-state index in [1.54, 1.807) is 32.9 Å². The molecular weight excluding hydrogens is 495 g/mol. The van der Waals surface area contributed by atoms with Gasteiger partial charge in [-0.3, -0.25) is 9.59 Å². The number of benzene rings is 2. The van der Waals surface area contributed by atoms with Crippen LogP contribution in [-0.4, -0.2) is 32.4 Å². The molecule has 0 unspecified atom stereocenters. The van der Waals surface area contributed by atoms with Gasteiger partial charge in [-0.1, -0.05) is 0 Å². The summed E-state index contributed by atoms with van der Waals surface area (Å²) >= 11 is 2.15. The number of carbonyl (C=O) groups is 2. The monoisotopic (exact) mass is 516 g/mol. The van der Waals surface area contributed by atoms with E-state index in [-0.39, 0.29) is 10.8 Å². The molecule has 0 heterocycles. The van der Waals surface area contributed by atoms with E-state index in [4.69, 9.17) is 4.74 Å². The fourth-order valence-electron chi connectivity index (χ4n) is 2.14. The van der Waals surface area contributed by atoms with Gasteiger partial charge in [0.15, 0.2) is 0 Å². The zero-order valence-electron chi connectivity index (χ0n) is 15.7. The van der Waals surface area contributed by atoms with Crippen LogP contribution in [-0.2, 0) is 19.6 Å². The fourth-order valence-corrected chi connectivity index (χ4v) is 3.47. The highest BCUT2D eigenvalue weighted by Gasteiger charge is 2.20. The third-order valence-corrected chi connectivity index (χ3v) is 5.49. The molecule has 150 valence electrons. The van der Waals surface area contributed by atoms with Crippen molar-refractivity contribution < 1.29 is 22.7 Å². The molecule has 0 aromatic heterocycles. The summed E-state index contributed by atoms with van der Waals surface area (Å²) in [6.45, 7) is 4.62. The van der Waals surface area contributed by atoms with Crippen LogP contribution < -0.4 is 10.0 Å². The van der Waals surface area contributed by atoms with Crippen LogP contribution >= 0.6 is 22.6 Å². The zero-order valence-corrected chi connectivity index (χ0v) is 18.6. The van der Waals surface area contributed by atoms with Gasteiger partial charge in [0, 0.05) is 14.8 Å². The molecule has 7 nitrogen and oxygen atoms in total. The third kappa shape index (κ3) is 6.88. The van der Waals surface area contributed by atoms with Gasteiger partial charge in [0.2, 0.25) is 10.0 Å². The number of anilines is 1. The molecule has 0 bridgehead atoms. The van der Waals surface area contributed by atoms with Crippen molar-refractivity contribution >= 4 is 50.2 Å². The number of hydrogen-bond acceptors (Lipinski definition) is 5. The molecule has 9 heteroatoms. The molecule has 0 atom stereocenters. The van der Waals surface area contributed by atoms with Crippen molar-refractivity contribution in [1.82, 2.24) is 4.72 Å². The van der Waals surface area contributed by atoms with Crippen LogP contribution in [0.1, 0.15) is 31.1 Å². The van der Waals surface area contributed by atoms with Gasteiger partial charge in [-0.05, 0) is 91.9 Å². The van der Waals surface area contributed by atoms with Gasteiger partial charge in [0.05, 0.1) is 4.90 Å². The van der Waals surface area contributed by atoms with Crippen LogP contribution in [0.5, 0.6) is 0 Å². The van der Waals surface area contributed by atoms with Crippen LogP contribution in [0.2, 0.25) is 0 Å². The largest absolute Gasteiger partial charge is 0.459 e. The Labute approximate surface area is 178 Å². The highest BCUT2D eigenvalue weighted by molar-refractivity contribution is 14.1. The van der Waals surface area contributed by atoms with Crippen molar-refractivity contribution in [1.29, 1.82) is 0 Å². The first-order chi connectivity index (χ1) is 13.0. The van der Waals surface area contributed by atoms with E-state index in [9.17, 15) is 18.0 Å². The van der Waals surface area contributed by atoms with E-state index in [1.165, 1.54) is 24.3 Å². The van der Waals surface area contributed by atoms with Gasteiger partial charge in [0.1, 0.15) is 12.1 Å². The lowest BCUT2D eigenvalue weighted by molar-refractivity contribution is -0.153. The normalized spacial score (nSPS) is 11.7. The molecule has 0 saturated heterocycles. The maximum absolute atomic E-state index is 12.3. The number of sulfonamides is 1. The Balaban J connectivity index is 1.99. The molecular formula is C19H21IN2O5S. The Bertz CT molecular complexity index is 949. The zero-order chi connectivity index (χ0) is 20.9. The Morgan fingerprint density at radius 2 is 1.57 bits per heavy atom. The first-order valence-electron chi connectivity index (χ1n) is 8.35. The molecule has 0 aliphatic rings. The summed E-state index contributed by atoms with van der Waals surface area (Å²) in [7, 11) is -3.88. The molecule has 0 saturated carbocycles. The average molecular weight is 516 g/mol. The molecule has 0 aliphatic heterocycles. The summed E-state index contributed by atoms with van der Waals surface area (Å²) < 4.78 is 32.8. The fraction of sp³-hybridized carbons (Fsp3) is 0.263. The number of esters is 1. The first-order valence-corrected chi connectivity index (χ1v) is 10.9. The topological polar surface area (TPSA) is 102 Å². The van der Waals surface area contributed by atoms with Crippen molar-refractivity contribution in [2.45, 2.75) is 31.3 Å². The molecule has 2 N–H and O–H groups in total. The summed E-state index contributed by atoms with van der Waals surface area (Å²) in [6.07, 6.45) is 0. The minimum absolute atomic E-state index is 0.0247. The van der Waals surface area contributed by atoms with E-state index in [1.807, 2.05) is 12.1 Å². The lowest BCUT2D eigenvalue weighted by Crippen LogP contribution is -2.34. The number of rotatable bonds is 6. The highest BCUT2D eigenvalue weighted by atomic mass is 127. The van der Waals surface area contributed by atoms with Crippen LogP contribution in [0.15, 0.2) is 53.4 Å². The number of hydrogen-bond donors (Lipinski definition) is 2. The lowest BCUT2D eigenvalue weighted by Gasteiger charge is -2.19. The molecule has 0 fully saturated rings. The van der Waals surface area contributed by atoms with Gasteiger partial charge in [-0.25, -0.2) is 8.42 Å². The maximum atomic E-state index is 12.3. The standard InChI is InChI=1S/C19H21IN2O5S/c1-19(2,3)27-17(23)12-21-28(25,26)16-10-8-15(9-11-16)22-18(24)13-4-6-14(20)7-5-13/h4-11,21H,12H2,1-3H3,(H,22,24). The van der Waals surface area contributed by atoms with Crippen molar-refractivity contribution in [2.24, 2.45) is 0 Å². The number of nitrogens with one attached hydrogen (secondary N) is 2. The SMILES string of the molecule is CC(C)(C)OC(=O)CNS(=O)(=O)c1ccc(NC(=O)c2ccc(I)cc2)cc1. The summed E-state index contributed by atoms with van der Waals surface area (Å²) in [6, 6.07) is 12.7. The van der Waals surface area contributed by atoms with E-state index in [0.717, 1.165) is 3.57 Å². The summed E-state index contributed by atoms with van der Waals surface area (Å²) in [5, 5.41) is 2.70. The lowest BCUT2D eigenvalue weighted by atomic mass is 10.2. The highest BCUT2D eigenvalue weighted by Crippen LogP contribution is 2.16. The minimum Gasteiger partial charge on any atom is -0.459 e. The second kappa shape index (κ2) is 9.01. The maximum Gasteiger partial charge on any atom is 0.321 e. The second-order valence-electron chi connectivity index (χ2n) is 6.90. The Morgan fingerprint density at radius 3 is 2.11 bits per heavy atom. The van der Waals surface area contributed by atoms with Crippen LogP contribution in [0.3, 0.4) is 0 Å². The Morgan fingerprint density at radius 1 is 1.00 bits per heavy atom. The van der Waals surface area contributed by atoms with Crippen LogP contribution in [0.4, 0.5) is 5.69 Å². The number of halogens is 1. The van der Waals surface area contributed by atoms with Gasteiger partial charge in [0.25, 0.3) is 5.91 Å². The summed E-state index contributed by atoms with van der Waals surface area (Å²) in [4.78, 5) is 23.8. The molecule has 1 amide bonds. The van der Waals surface area contributed by atoms with E-state index >= 15 is 0 Å². The van der Waals surface area contributed by atoms with Crippen molar-refractivity contribution in [3.63, 3.8) is 0 Å². The molecule has 0 aliphatic carbocycles. The van der Waals surface area contributed by atoms with Gasteiger partial charge < -0.3 is 10.1 Å². The second-order valence-corrected chi connectivity index (χ2v) is 9.91. The molecule has 2 aromatic rings. The average Bonchev–Trinajstić information content (AvgIpc) is 2.60. The van der Waals surface area contributed by atoms with Crippen molar-refractivity contribution in [3.05, 3.63) is 57.7 Å². The number of amides is 1. The van der Waals surface area contributed by atoms with Crippen molar-refractivity contribution in [2.75, 3.05) is 11.9 Å². The van der Waals surface area contributed by atoms with Gasteiger partial charge >= 0.3 is 5.97 Å². The van der Waals surface area contributed by atoms with E-state index in [2.05, 4.69) is 32.6 Å². The van der Waals surface area contributed by atoms with Gasteiger partial charge in [-0.2, -0.15) is 4.72 Å². The smallest absolute Gasteiger partial charge is 0.321 e. The predicted octanol–water partition coefficient (Wildman–Crippen LogP) is 3.16. The summed E-state index contributed by atoms with van der Waals surface area (Å²) in [5.41, 5.74) is 0.255. The molecule has 0 spiro atoms. The van der Waals surface area contributed by atoms with Crippen molar-refractivity contribution in [3.8, 4) is 0 Å². The molecule has 2 rings (SSSR count). The summed E-state index contributed by atoms with van der Waals surface area (Å²) in [5.74, 6) is -0.965. The number of carbonyl (C=O) groups excluding carboxylic acids is 2. The Kier molecular flexibility index (Phi) is 7.18. The first kappa shape index (κ1) is 22.3. The van der Waals surface area contributed by atoms with Crippen LogP contribution in [0, 0.1) is 3.57 Å². The van der Waals surface area contributed by atoms with E-state index in [0.29, 0.717) is 11.3 Å². The molecule has 2 aromatic carbocycles. The predicted molar refractivity (Wildman–Crippen MR) is 115 cm³/mol.